The molecule has 1 saturated heterocycles. The first-order chi connectivity index (χ1) is 13.3. The van der Waals surface area contributed by atoms with Crippen LogP contribution in [0.15, 0.2) is 56.8 Å². The molecule has 2 aromatic rings. The van der Waals surface area contributed by atoms with Crippen LogP contribution >= 0.6 is 27.7 Å². The second-order valence-electron chi connectivity index (χ2n) is 6.33. The van der Waals surface area contributed by atoms with Crippen molar-refractivity contribution in [3.05, 3.63) is 63.0 Å². The molecule has 144 valence electrons. The SMILES string of the molecule is CN1C(=O)/C(=C/c2ccc(N(C)C)c(Br)c2)SC1=Nc1ccc(C(=O)O)cc1. The lowest BCUT2D eigenvalue weighted by Gasteiger charge is -2.14. The zero-order valence-electron chi connectivity index (χ0n) is 15.5. The van der Waals surface area contributed by atoms with Gasteiger partial charge in [0.05, 0.1) is 21.8 Å². The number of carbonyl (C=O) groups is 2. The minimum Gasteiger partial charge on any atom is -0.478 e. The average Bonchev–Trinajstić information content (AvgIpc) is 2.90. The van der Waals surface area contributed by atoms with E-state index in [4.69, 9.17) is 5.11 Å². The summed E-state index contributed by atoms with van der Waals surface area (Å²) >= 11 is 4.85. The highest BCUT2D eigenvalue weighted by atomic mass is 79.9. The molecule has 0 aliphatic carbocycles. The van der Waals surface area contributed by atoms with Crippen molar-refractivity contribution < 1.29 is 14.7 Å². The molecular formula is C20H18BrN3O3S. The third-order valence-corrected chi connectivity index (χ3v) is 5.79. The predicted octanol–water partition coefficient (Wildman–Crippen LogP) is 4.45. The van der Waals surface area contributed by atoms with Gasteiger partial charge in [-0.3, -0.25) is 9.69 Å². The van der Waals surface area contributed by atoms with Gasteiger partial charge in [-0.05, 0) is 75.7 Å². The summed E-state index contributed by atoms with van der Waals surface area (Å²) in [5.74, 6) is -1.11. The molecule has 0 spiro atoms. The first-order valence-electron chi connectivity index (χ1n) is 8.33. The molecular weight excluding hydrogens is 442 g/mol. The molecule has 0 bridgehead atoms. The zero-order valence-corrected chi connectivity index (χ0v) is 17.9. The molecule has 0 aromatic heterocycles. The second kappa shape index (κ2) is 8.20. The standard InChI is InChI=1S/C20H18BrN3O3S/c1-23(2)16-9-4-12(10-15(16)21)11-17-18(25)24(3)20(28-17)22-14-7-5-13(6-8-14)19(26)27/h4-11H,1-3H3,(H,26,27)/b17-11-,22-20?. The molecule has 6 nitrogen and oxygen atoms in total. The van der Waals surface area contributed by atoms with Crippen molar-refractivity contribution in [1.82, 2.24) is 4.90 Å². The van der Waals surface area contributed by atoms with Crippen LogP contribution in [0.25, 0.3) is 6.08 Å². The van der Waals surface area contributed by atoms with E-state index in [1.165, 1.54) is 28.8 Å². The Kier molecular flexibility index (Phi) is 5.90. The van der Waals surface area contributed by atoms with Gasteiger partial charge < -0.3 is 10.0 Å². The summed E-state index contributed by atoms with van der Waals surface area (Å²) in [6, 6.07) is 12.1. The van der Waals surface area contributed by atoms with E-state index in [1.54, 1.807) is 19.2 Å². The zero-order chi connectivity index (χ0) is 20.4. The van der Waals surface area contributed by atoms with Crippen molar-refractivity contribution in [2.45, 2.75) is 0 Å². The summed E-state index contributed by atoms with van der Waals surface area (Å²) in [6.45, 7) is 0. The van der Waals surface area contributed by atoms with Gasteiger partial charge in [-0.1, -0.05) is 6.07 Å². The number of carbonyl (C=O) groups excluding carboxylic acids is 1. The van der Waals surface area contributed by atoms with Gasteiger partial charge in [0, 0.05) is 25.6 Å². The maximum atomic E-state index is 12.6. The number of anilines is 1. The molecule has 2 aromatic carbocycles. The monoisotopic (exact) mass is 459 g/mol. The molecule has 3 rings (SSSR count). The van der Waals surface area contributed by atoms with Crippen LogP contribution in [-0.2, 0) is 4.79 Å². The summed E-state index contributed by atoms with van der Waals surface area (Å²) in [4.78, 5) is 32.1. The molecule has 0 radical (unpaired) electrons. The Morgan fingerprint density at radius 2 is 1.89 bits per heavy atom. The normalized spacial score (nSPS) is 16.9. The van der Waals surface area contributed by atoms with Gasteiger partial charge >= 0.3 is 5.97 Å². The Morgan fingerprint density at radius 1 is 1.21 bits per heavy atom. The fourth-order valence-corrected chi connectivity index (χ4v) is 4.31. The molecule has 1 aliphatic rings. The van der Waals surface area contributed by atoms with Crippen molar-refractivity contribution in [1.29, 1.82) is 0 Å². The van der Waals surface area contributed by atoms with Crippen LogP contribution < -0.4 is 4.90 Å². The predicted molar refractivity (Wildman–Crippen MR) is 117 cm³/mol. The number of amidine groups is 1. The molecule has 28 heavy (non-hydrogen) atoms. The number of carboxylic acid groups (broad SMARTS) is 1. The fraction of sp³-hybridized carbons (Fsp3) is 0.150. The summed E-state index contributed by atoms with van der Waals surface area (Å²) in [5, 5.41) is 9.52. The number of thioether (sulfide) groups is 1. The molecule has 0 saturated carbocycles. The number of halogens is 1. The van der Waals surface area contributed by atoms with Crippen LogP contribution in [0.2, 0.25) is 0 Å². The highest BCUT2D eigenvalue weighted by molar-refractivity contribution is 9.10. The van der Waals surface area contributed by atoms with E-state index >= 15 is 0 Å². The Labute approximate surface area is 175 Å². The van der Waals surface area contributed by atoms with E-state index in [0.29, 0.717) is 15.8 Å². The summed E-state index contributed by atoms with van der Waals surface area (Å²) in [6.07, 6.45) is 1.84. The number of hydrogen-bond donors (Lipinski definition) is 1. The van der Waals surface area contributed by atoms with Gasteiger partial charge in [-0.25, -0.2) is 9.79 Å². The van der Waals surface area contributed by atoms with Gasteiger partial charge in [-0.2, -0.15) is 0 Å². The van der Waals surface area contributed by atoms with E-state index in [-0.39, 0.29) is 11.5 Å². The number of amides is 1. The van der Waals surface area contributed by atoms with Gasteiger partial charge in [0.25, 0.3) is 5.91 Å². The topological polar surface area (TPSA) is 73.2 Å². The van der Waals surface area contributed by atoms with Gasteiger partial charge in [0.15, 0.2) is 5.17 Å². The minimum atomic E-state index is -0.988. The van der Waals surface area contributed by atoms with Crippen molar-refractivity contribution >= 4 is 62.2 Å². The third-order valence-electron chi connectivity index (χ3n) is 4.09. The molecule has 8 heteroatoms. The fourth-order valence-electron chi connectivity index (χ4n) is 2.57. The lowest BCUT2D eigenvalue weighted by Crippen LogP contribution is -2.23. The Hall–Kier alpha value is -2.58. The number of carboxylic acids is 1. The quantitative estimate of drug-likeness (QED) is 0.683. The van der Waals surface area contributed by atoms with E-state index in [0.717, 1.165) is 15.7 Å². The number of hydrogen-bond acceptors (Lipinski definition) is 5. The number of aliphatic imine (C=N–C) groups is 1. The number of benzene rings is 2. The Balaban J connectivity index is 1.85. The summed E-state index contributed by atoms with van der Waals surface area (Å²) in [7, 11) is 5.61. The smallest absolute Gasteiger partial charge is 0.335 e. The third kappa shape index (κ3) is 4.28. The van der Waals surface area contributed by atoms with Crippen molar-refractivity contribution in [3.63, 3.8) is 0 Å². The molecule has 1 heterocycles. The average molecular weight is 460 g/mol. The second-order valence-corrected chi connectivity index (χ2v) is 8.19. The largest absolute Gasteiger partial charge is 0.478 e. The van der Waals surface area contributed by atoms with Crippen LogP contribution in [-0.4, -0.2) is 48.2 Å². The summed E-state index contributed by atoms with van der Waals surface area (Å²) < 4.78 is 0.947. The number of nitrogens with zero attached hydrogens (tertiary/aromatic N) is 3. The van der Waals surface area contributed by atoms with Crippen molar-refractivity contribution in [2.75, 3.05) is 26.0 Å². The van der Waals surface area contributed by atoms with Crippen LogP contribution in [0.5, 0.6) is 0 Å². The molecule has 0 unspecified atom stereocenters. The van der Waals surface area contributed by atoms with Crippen LogP contribution in [0, 0.1) is 0 Å². The van der Waals surface area contributed by atoms with Gasteiger partial charge in [0.2, 0.25) is 0 Å². The Morgan fingerprint density at radius 3 is 2.46 bits per heavy atom. The minimum absolute atomic E-state index is 0.126. The molecule has 0 atom stereocenters. The van der Waals surface area contributed by atoms with Crippen molar-refractivity contribution in [2.24, 2.45) is 4.99 Å². The van der Waals surface area contributed by atoms with E-state index in [1.807, 2.05) is 43.3 Å². The van der Waals surface area contributed by atoms with Crippen LogP contribution in [0.3, 0.4) is 0 Å². The van der Waals surface area contributed by atoms with Gasteiger partial charge in [-0.15, -0.1) is 0 Å². The molecule has 1 amide bonds. The van der Waals surface area contributed by atoms with E-state index < -0.39 is 5.97 Å². The van der Waals surface area contributed by atoms with E-state index in [9.17, 15) is 9.59 Å². The summed E-state index contributed by atoms with van der Waals surface area (Å²) in [5.41, 5.74) is 2.75. The lowest BCUT2D eigenvalue weighted by atomic mass is 10.2. The number of rotatable bonds is 4. The molecule has 1 fully saturated rings. The van der Waals surface area contributed by atoms with Gasteiger partial charge in [0.1, 0.15) is 0 Å². The first-order valence-corrected chi connectivity index (χ1v) is 9.94. The van der Waals surface area contributed by atoms with E-state index in [2.05, 4.69) is 20.9 Å². The molecule has 1 N–H and O–H groups in total. The highest BCUT2D eigenvalue weighted by Gasteiger charge is 2.30. The Bertz CT molecular complexity index is 1000. The van der Waals surface area contributed by atoms with Crippen LogP contribution in [0.1, 0.15) is 15.9 Å². The lowest BCUT2D eigenvalue weighted by molar-refractivity contribution is -0.121. The number of aromatic carboxylic acids is 1. The maximum Gasteiger partial charge on any atom is 0.335 e. The number of likely N-dealkylation sites (N-methyl/N-ethyl adjacent to an activating group) is 1. The maximum absolute atomic E-state index is 12.6. The van der Waals surface area contributed by atoms with Crippen LogP contribution in [0.4, 0.5) is 11.4 Å². The first kappa shape index (κ1) is 20.2. The van der Waals surface area contributed by atoms with Crippen molar-refractivity contribution in [3.8, 4) is 0 Å². The molecule has 1 aliphatic heterocycles. The highest BCUT2D eigenvalue weighted by Crippen LogP contribution is 2.34.